The topological polar surface area (TPSA) is 72.2 Å². The molecule has 4 rings (SSSR count). The van der Waals surface area contributed by atoms with E-state index in [2.05, 4.69) is 11.1 Å². The van der Waals surface area contributed by atoms with Gasteiger partial charge in [0, 0.05) is 16.5 Å². The number of carbonyl (C=O) groups is 1. The van der Waals surface area contributed by atoms with Crippen LogP contribution in [0, 0.1) is 18.3 Å². The van der Waals surface area contributed by atoms with Crippen molar-refractivity contribution in [2.75, 3.05) is 13.2 Å². The van der Waals surface area contributed by atoms with Gasteiger partial charge in [0.2, 0.25) is 0 Å². The Morgan fingerprint density at radius 3 is 2.63 bits per heavy atom. The third kappa shape index (κ3) is 3.42. The molecule has 2 aromatic carbocycles. The molecular weight excluding hydrogens is 360 g/mol. The molecule has 5 nitrogen and oxygen atoms in total. The second-order valence-electron chi connectivity index (χ2n) is 6.22. The molecule has 134 valence electrons. The molecule has 6 heteroatoms. The van der Waals surface area contributed by atoms with Crippen molar-refractivity contribution in [2.45, 2.75) is 12.8 Å². The highest BCUT2D eigenvalue weighted by atomic mass is 32.1. The second kappa shape index (κ2) is 7.22. The van der Waals surface area contributed by atoms with Crippen molar-refractivity contribution in [3.05, 3.63) is 64.0 Å². The fourth-order valence-electron chi connectivity index (χ4n) is 2.87. The third-order valence-electron chi connectivity index (χ3n) is 4.33. The predicted molar refractivity (Wildman–Crippen MR) is 102 cm³/mol. The van der Waals surface area contributed by atoms with Crippen molar-refractivity contribution in [3.8, 4) is 28.8 Å². The molecule has 2 heterocycles. The predicted octanol–water partition coefficient (Wildman–Crippen LogP) is 4.38. The number of hydrogen-bond donors (Lipinski definition) is 0. The van der Waals surface area contributed by atoms with E-state index in [0.717, 1.165) is 16.8 Å². The van der Waals surface area contributed by atoms with Crippen molar-refractivity contribution in [3.63, 3.8) is 0 Å². The Morgan fingerprint density at radius 1 is 1.15 bits per heavy atom. The molecule has 0 saturated heterocycles. The molecule has 1 aliphatic heterocycles. The first-order valence-corrected chi connectivity index (χ1v) is 9.39. The average Bonchev–Trinajstić information content (AvgIpc) is 3.18. The van der Waals surface area contributed by atoms with Gasteiger partial charge in [-0.15, -0.1) is 11.3 Å². The first kappa shape index (κ1) is 17.3. The van der Waals surface area contributed by atoms with Crippen LogP contribution in [-0.4, -0.2) is 24.0 Å². The second-order valence-corrected chi connectivity index (χ2v) is 7.11. The molecule has 0 radical (unpaired) electrons. The van der Waals surface area contributed by atoms with Gasteiger partial charge in [-0.2, -0.15) is 5.26 Å². The van der Waals surface area contributed by atoms with Crippen LogP contribution >= 0.6 is 11.3 Å². The molecule has 0 bridgehead atoms. The van der Waals surface area contributed by atoms with Crippen LogP contribution in [0.25, 0.3) is 11.3 Å². The van der Waals surface area contributed by atoms with E-state index < -0.39 is 5.92 Å². The van der Waals surface area contributed by atoms with Crippen LogP contribution in [0.2, 0.25) is 0 Å². The Bertz CT molecular complexity index is 1030. The summed E-state index contributed by atoms with van der Waals surface area (Å²) >= 11 is 1.32. The van der Waals surface area contributed by atoms with E-state index in [-0.39, 0.29) is 5.78 Å². The number of nitrogens with zero attached hydrogens (tertiary/aromatic N) is 2. The maximum atomic E-state index is 12.9. The number of ketones is 1. The summed E-state index contributed by atoms with van der Waals surface area (Å²) < 4.78 is 11.0. The van der Waals surface area contributed by atoms with Crippen molar-refractivity contribution in [2.24, 2.45) is 0 Å². The van der Waals surface area contributed by atoms with Gasteiger partial charge in [0.25, 0.3) is 0 Å². The van der Waals surface area contributed by atoms with Gasteiger partial charge >= 0.3 is 0 Å². The summed E-state index contributed by atoms with van der Waals surface area (Å²) in [5, 5.41) is 12.0. The van der Waals surface area contributed by atoms with Crippen molar-refractivity contribution in [1.82, 2.24) is 4.98 Å². The SMILES string of the molecule is Cc1ccc(-c2csc(C(C#N)C(=O)c3ccc4c(c3)OCCO4)n2)cc1. The number of carbonyl (C=O) groups excluding carboxylic acids is 1. The maximum Gasteiger partial charge on any atom is 0.187 e. The van der Waals surface area contributed by atoms with Gasteiger partial charge in [-0.3, -0.25) is 4.79 Å². The van der Waals surface area contributed by atoms with Gasteiger partial charge in [0.15, 0.2) is 23.2 Å². The molecule has 0 N–H and O–H groups in total. The first-order chi connectivity index (χ1) is 13.2. The summed E-state index contributed by atoms with van der Waals surface area (Å²) in [4.78, 5) is 17.4. The van der Waals surface area contributed by atoms with Crippen LogP contribution in [0.3, 0.4) is 0 Å². The standard InChI is InChI=1S/C21H16N2O3S/c1-13-2-4-14(5-3-13)17-12-27-21(23-17)16(11-22)20(24)15-6-7-18-19(10-15)26-9-8-25-18/h2-7,10,12,16H,8-9H2,1H3. The molecule has 1 atom stereocenters. The highest BCUT2D eigenvalue weighted by Gasteiger charge is 2.26. The minimum absolute atomic E-state index is 0.292. The number of aryl methyl sites for hydroxylation is 1. The van der Waals surface area contributed by atoms with Gasteiger partial charge < -0.3 is 9.47 Å². The Labute approximate surface area is 160 Å². The van der Waals surface area contributed by atoms with Gasteiger partial charge in [-0.05, 0) is 25.1 Å². The monoisotopic (exact) mass is 376 g/mol. The highest BCUT2D eigenvalue weighted by Crippen LogP contribution is 2.33. The molecular formula is C21H16N2O3S. The number of nitriles is 1. The molecule has 1 aromatic heterocycles. The van der Waals surface area contributed by atoms with Crippen LogP contribution in [-0.2, 0) is 0 Å². The van der Waals surface area contributed by atoms with Crippen LogP contribution in [0.4, 0.5) is 0 Å². The molecule has 1 aliphatic rings. The number of Topliss-reactive ketones (excluding diaryl/α,β-unsaturated/α-hetero) is 1. The highest BCUT2D eigenvalue weighted by molar-refractivity contribution is 7.10. The number of fused-ring (bicyclic) bond motifs is 1. The number of rotatable bonds is 4. The molecule has 0 spiro atoms. The molecule has 0 amide bonds. The minimum Gasteiger partial charge on any atom is -0.486 e. The summed E-state index contributed by atoms with van der Waals surface area (Å²) in [5.41, 5.74) is 3.31. The van der Waals surface area contributed by atoms with E-state index in [4.69, 9.17) is 9.47 Å². The Morgan fingerprint density at radius 2 is 1.89 bits per heavy atom. The van der Waals surface area contributed by atoms with Crippen LogP contribution in [0.15, 0.2) is 47.8 Å². The fraction of sp³-hybridized carbons (Fsp3) is 0.190. The Balaban J connectivity index is 1.61. The maximum absolute atomic E-state index is 12.9. The Kier molecular flexibility index (Phi) is 4.61. The lowest BCUT2D eigenvalue weighted by Gasteiger charge is -2.18. The summed E-state index contributed by atoms with van der Waals surface area (Å²) in [6.07, 6.45) is 0. The van der Waals surface area contributed by atoms with E-state index in [1.807, 2.05) is 36.6 Å². The smallest absolute Gasteiger partial charge is 0.187 e. The van der Waals surface area contributed by atoms with E-state index in [1.165, 1.54) is 11.3 Å². The quantitative estimate of drug-likeness (QED) is 0.632. The summed E-state index contributed by atoms with van der Waals surface area (Å²) in [7, 11) is 0. The molecule has 27 heavy (non-hydrogen) atoms. The zero-order valence-corrected chi connectivity index (χ0v) is 15.5. The van der Waals surface area contributed by atoms with Crippen molar-refractivity contribution in [1.29, 1.82) is 5.26 Å². The van der Waals surface area contributed by atoms with Crippen LogP contribution in [0.5, 0.6) is 11.5 Å². The lowest BCUT2D eigenvalue weighted by Crippen LogP contribution is -2.17. The number of ether oxygens (including phenoxy) is 2. The number of benzene rings is 2. The summed E-state index contributed by atoms with van der Waals surface area (Å²) in [6, 6.07) is 15.1. The molecule has 0 fully saturated rings. The molecule has 0 aliphatic carbocycles. The number of aromatic nitrogens is 1. The Hall–Kier alpha value is -3.17. The van der Waals surface area contributed by atoms with Gasteiger partial charge in [-0.1, -0.05) is 29.8 Å². The van der Waals surface area contributed by atoms with Gasteiger partial charge in [0.1, 0.15) is 18.2 Å². The first-order valence-electron chi connectivity index (χ1n) is 8.51. The van der Waals surface area contributed by atoms with Gasteiger partial charge in [0.05, 0.1) is 11.8 Å². The average molecular weight is 376 g/mol. The molecule has 1 unspecified atom stereocenters. The third-order valence-corrected chi connectivity index (χ3v) is 5.24. The largest absolute Gasteiger partial charge is 0.486 e. The number of thiazole rings is 1. The zero-order chi connectivity index (χ0) is 18.8. The van der Waals surface area contributed by atoms with E-state index in [1.54, 1.807) is 18.2 Å². The normalized spacial score (nSPS) is 13.6. The van der Waals surface area contributed by atoms with Crippen molar-refractivity contribution >= 4 is 17.1 Å². The summed E-state index contributed by atoms with van der Waals surface area (Å²) in [6.45, 7) is 2.95. The zero-order valence-electron chi connectivity index (χ0n) is 14.6. The number of hydrogen-bond acceptors (Lipinski definition) is 6. The van der Waals surface area contributed by atoms with E-state index >= 15 is 0 Å². The fourth-order valence-corrected chi connectivity index (χ4v) is 3.73. The summed E-state index contributed by atoms with van der Waals surface area (Å²) in [5.74, 6) is -0.0958. The van der Waals surface area contributed by atoms with Crippen LogP contribution in [0.1, 0.15) is 26.8 Å². The van der Waals surface area contributed by atoms with E-state index in [0.29, 0.717) is 35.3 Å². The molecule has 3 aromatic rings. The van der Waals surface area contributed by atoms with Crippen LogP contribution < -0.4 is 9.47 Å². The van der Waals surface area contributed by atoms with Crippen molar-refractivity contribution < 1.29 is 14.3 Å². The minimum atomic E-state index is -0.947. The van der Waals surface area contributed by atoms with Gasteiger partial charge in [-0.25, -0.2) is 4.98 Å². The molecule has 0 saturated carbocycles. The lowest BCUT2D eigenvalue weighted by molar-refractivity contribution is 0.0977. The lowest BCUT2D eigenvalue weighted by atomic mass is 9.99. The van der Waals surface area contributed by atoms with E-state index in [9.17, 15) is 10.1 Å².